The van der Waals surface area contributed by atoms with Crippen LogP contribution in [-0.2, 0) is 17.8 Å². The number of hydrogen-bond acceptors (Lipinski definition) is 3. The summed E-state index contributed by atoms with van der Waals surface area (Å²) in [5, 5.41) is 3.42. The van der Waals surface area contributed by atoms with Gasteiger partial charge in [-0.3, -0.25) is 4.79 Å². The Kier molecular flexibility index (Phi) is 4.79. The highest BCUT2D eigenvalue weighted by Crippen LogP contribution is 2.21. The molecular weight excluding hydrogens is 274 g/mol. The van der Waals surface area contributed by atoms with Gasteiger partial charge in [-0.1, -0.05) is 31.2 Å². The number of rotatable bonds is 4. The van der Waals surface area contributed by atoms with Crippen LogP contribution in [0.2, 0.25) is 0 Å². The van der Waals surface area contributed by atoms with Gasteiger partial charge in [-0.25, -0.2) is 0 Å². The monoisotopic (exact) mass is 301 g/mol. The SMILES string of the molecule is CCN(C)C[C@@H]1CCN(C(=O)[C@@H]2Cc3ccccc3CN2)C1. The molecule has 1 amide bonds. The van der Waals surface area contributed by atoms with Crippen LogP contribution in [0.4, 0.5) is 0 Å². The maximum Gasteiger partial charge on any atom is 0.240 e. The fourth-order valence-electron chi connectivity index (χ4n) is 3.60. The molecule has 0 aliphatic carbocycles. The number of nitrogens with zero attached hydrogens (tertiary/aromatic N) is 2. The molecule has 2 aliphatic rings. The smallest absolute Gasteiger partial charge is 0.240 e. The molecular formula is C18H27N3O. The lowest BCUT2D eigenvalue weighted by atomic mass is 9.95. The van der Waals surface area contributed by atoms with E-state index in [0.717, 1.165) is 45.6 Å². The van der Waals surface area contributed by atoms with E-state index in [4.69, 9.17) is 0 Å². The molecule has 0 saturated carbocycles. The van der Waals surface area contributed by atoms with Crippen LogP contribution in [0, 0.1) is 5.92 Å². The van der Waals surface area contributed by atoms with Gasteiger partial charge < -0.3 is 15.1 Å². The second kappa shape index (κ2) is 6.80. The molecule has 4 nitrogen and oxygen atoms in total. The maximum absolute atomic E-state index is 12.8. The second-order valence-corrected chi connectivity index (χ2v) is 6.70. The lowest BCUT2D eigenvalue weighted by molar-refractivity contribution is -0.132. The Morgan fingerprint density at radius 2 is 2.14 bits per heavy atom. The predicted octanol–water partition coefficient (Wildman–Crippen LogP) is 1.50. The van der Waals surface area contributed by atoms with Crippen LogP contribution >= 0.6 is 0 Å². The minimum atomic E-state index is -0.0439. The molecule has 1 aromatic rings. The Morgan fingerprint density at radius 1 is 1.36 bits per heavy atom. The van der Waals surface area contributed by atoms with Gasteiger partial charge in [-0.2, -0.15) is 0 Å². The van der Waals surface area contributed by atoms with Crippen molar-refractivity contribution in [2.45, 2.75) is 32.4 Å². The first-order valence-corrected chi connectivity index (χ1v) is 8.45. The van der Waals surface area contributed by atoms with E-state index < -0.39 is 0 Å². The summed E-state index contributed by atoms with van der Waals surface area (Å²) < 4.78 is 0. The lowest BCUT2D eigenvalue weighted by Gasteiger charge is -2.29. The van der Waals surface area contributed by atoms with E-state index in [9.17, 15) is 4.79 Å². The first kappa shape index (κ1) is 15.5. The van der Waals surface area contributed by atoms with Crippen LogP contribution in [0.15, 0.2) is 24.3 Å². The van der Waals surface area contributed by atoms with Gasteiger partial charge in [0, 0.05) is 26.2 Å². The van der Waals surface area contributed by atoms with E-state index in [-0.39, 0.29) is 11.9 Å². The molecule has 0 aromatic heterocycles. The van der Waals surface area contributed by atoms with Gasteiger partial charge in [0.05, 0.1) is 6.04 Å². The average Bonchev–Trinajstić information content (AvgIpc) is 3.02. The predicted molar refractivity (Wildman–Crippen MR) is 88.6 cm³/mol. The number of fused-ring (bicyclic) bond motifs is 1. The quantitative estimate of drug-likeness (QED) is 0.915. The lowest BCUT2D eigenvalue weighted by Crippen LogP contribution is -2.49. The summed E-state index contributed by atoms with van der Waals surface area (Å²) in [5.74, 6) is 0.918. The fraction of sp³-hybridized carbons (Fsp3) is 0.611. The summed E-state index contributed by atoms with van der Waals surface area (Å²) in [7, 11) is 2.16. The molecule has 22 heavy (non-hydrogen) atoms. The van der Waals surface area contributed by atoms with Gasteiger partial charge >= 0.3 is 0 Å². The number of amides is 1. The maximum atomic E-state index is 12.8. The molecule has 2 aliphatic heterocycles. The van der Waals surface area contributed by atoms with Crippen molar-refractivity contribution >= 4 is 5.91 Å². The van der Waals surface area contributed by atoms with E-state index >= 15 is 0 Å². The zero-order valence-corrected chi connectivity index (χ0v) is 13.7. The number of hydrogen-bond donors (Lipinski definition) is 1. The highest BCUT2D eigenvalue weighted by Gasteiger charge is 2.32. The normalized spacial score (nSPS) is 24.6. The molecule has 1 fully saturated rings. The largest absolute Gasteiger partial charge is 0.341 e. The topological polar surface area (TPSA) is 35.6 Å². The number of carbonyl (C=O) groups is 1. The molecule has 0 bridgehead atoms. The standard InChI is InChI=1S/C18H27N3O/c1-3-20(2)12-14-8-9-21(13-14)18(22)17-10-15-6-4-5-7-16(15)11-19-17/h4-7,14,17,19H,3,8-13H2,1-2H3/t14-,17-/m0/s1. The molecule has 4 heteroatoms. The fourth-order valence-corrected chi connectivity index (χ4v) is 3.60. The molecule has 1 N–H and O–H groups in total. The van der Waals surface area contributed by atoms with Gasteiger partial charge in [0.25, 0.3) is 0 Å². The molecule has 0 radical (unpaired) electrons. The third-order valence-electron chi connectivity index (χ3n) is 5.09. The Labute approximate surface area is 133 Å². The van der Waals surface area contributed by atoms with Gasteiger partial charge in [0.1, 0.15) is 0 Å². The van der Waals surface area contributed by atoms with E-state index in [1.54, 1.807) is 0 Å². The molecule has 0 spiro atoms. The molecule has 120 valence electrons. The van der Waals surface area contributed by atoms with Crippen LogP contribution in [0.1, 0.15) is 24.5 Å². The van der Waals surface area contributed by atoms with Crippen molar-refractivity contribution < 1.29 is 4.79 Å². The molecule has 1 aromatic carbocycles. The third-order valence-corrected chi connectivity index (χ3v) is 5.09. The molecule has 1 saturated heterocycles. The summed E-state index contributed by atoms with van der Waals surface area (Å²) in [6.45, 7) is 7.00. The van der Waals surface area contributed by atoms with E-state index in [1.165, 1.54) is 11.1 Å². The van der Waals surface area contributed by atoms with Crippen molar-refractivity contribution in [1.82, 2.24) is 15.1 Å². The van der Waals surface area contributed by atoms with Crippen LogP contribution in [0.5, 0.6) is 0 Å². The summed E-state index contributed by atoms with van der Waals surface area (Å²) in [4.78, 5) is 17.2. The zero-order valence-electron chi connectivity index (χ0n) is 13.7. The molecule has 2 atom stereocenters. The Hall–Kier alpha value is -1.39. The summed E-state index contributed by atoms with van der Waals surface area (Å²) in [6.07, 6.45) is 1.96. The Morgan fingerprint density at radius 3 is 2.91 bits per heavy atom. The average molecular weight is 301 g/mol. The number of benzene rings is 1. The second-order valence-electron chi connectivity index (χ2n) is 6.70. The van der Waals surface area contributed by atoms with E-state index in [2.05, 4.69) is 53.4 Å². The van der Waals surface area contributed by atoms with Gasteiger partial charge in [0.15, 0.2) is 0 Å². The van der Waals surface area contributed by atoms with Crippen molar-refractivity contribution in [1.29, 1.82) is 0 Å². The van der Waals surface area contributed by atoms with E-state index in [0.29, 0.717) is 5.92 Å². The van der Waals surface area contributed by atoms with Gasteiger partial charge in [0.2, 0.25) is 5.91 Å². The molecule has 2 heterocycles. The van der Waals surface area contributed by atoms with Crippen LogP contribution in [0.3, 0.4) is 0 Å². The van der Waals surface area contributed by atoms with Gasteiger partial charge in [-0.05, 0) is 43.5 Å². The van der Waals surface area contributed by atoms with E-state index in [1.807, 2.05) is 0 Å². The van der Waals surface area contributed by atoms with Crippen molar-refractivity contribution in [2.24, 2.45) is 5.92 Å². The van der Waals surface area contributed by atoms with Crippen molar-refractivity contribution in [3.8, 4) is 0 Å². The van der Waals surface area contributed by atoms with Crippen molar-refractivity contribution in [2.75, 3.05) is 33.2 Å². The van der Waals surface area contributed by atoms with Crippen molar-refractivity contribution in [3.05, 3.63) is 35.4 Å². The molecule has 3 rings (SSSR count). The van der Waals surface area contributed by atoms with Crippen LogP contribution < -0.4 is 5.32 Å². The molecule has 0 unspecified atom stereocenters. The first-order chi connectivity index (χ1) is 10.7. The zero-order chi connectivity index (χ0) is 15.5. The summed E-state index contributed by atoms with van der Waals surface area (Å²) >= 11 is 0. The highest BCUT2D eigenvalue weighted by atomic mass is 16.2. The summed E-state index contributed by atoms with van der Waals surface area (Å²) in [5.41, 5.74) is 2.65. The minimum absolute atomic E-state index is 0.0439. The summed E-state index contributed by atoms with van der Waals surface area (Å²) in [6, 6.07) is 8.39. The van der Waals surface area contributed by atoms with Crippen LogP contribution in [0.25, 0.3) is 0 Å². The Bertz CT molecular complexity index is 531. The third kappa shape index (κ3) is 3.33. The van der Waals surface area contributed by atoms with Crippen LogP contribution in [-0.4, -0.2) is 55.0 Å². The number of nitrogens with one attached hydrogen (secondary N) is 1. The minimum Gasteiger partial charge on any atom is -0.341 e. The highest BCUT2D eigenvalue weighted by molar-refractivity contribution is 5.82. The Balaban J connectivity index is 1.57. The number of likely N-dealkylation sites (tertiary alicyclic amines) is 1. The number of carbonyl (C=O) groups excluding carboxylic acids is 1. The van der Waals surface area contributed by atoms with Crippen molar-refractivity contribution in [3.63, 3.8) is 0 Å². The first-order valence-electron chi connectivity index (χ1n) is 8.45. The van der Waals surface area contributed by atoms with Gasteiger partial charge in [-0.15, -0.1) is 0 Å².